The summed E-state index contributed by atoms with van der Waals surface area (Å²) in [5, 5.41) is 18.4. The van der Waals surface area contributed by atoms with Gasteiger partial charge in [-0.25, -0.2) is 4.39 Å². The molecule has 1 aliphatic carbocycles. The fraction of sp³-hybridized carbons (Fsp3) is 0.462. The number of hydrogen-bond donors (Lipinski definition) is 2. The summed E-state index contributed by atoms with van der Waals surface area (Å²) in [5.41, 5.74) is -0.335. The highest BCUT2D eigenvalue weighted by Gasteiger charge is 2.44. The fourth-order valence-electron chi connectivity index (χ4n) is 2.61. The van der Waals surface area contributed by atoms with E-state index in [1.54, 1.807) is 0 Å². The lowest BCUT2D eigenvalue weighted by Crippen LogP contribution is -2.33. The highest BCUT2D eigenvalue weighted by atomic mass is 19.1. The molecule has 1 saturated carbocycles. The number of rotatable bonds is 3. The molecule has 1 fully saturated rings. The smallest absolute Gasteiger partial charge is 0.314 e. The first-order chi connectivity index (χ1) is 8.10. The van der Waals surface area contributed by atoms with Crippen LogP contribution in [0.2, 0.25) is 0 Å². The van der Waals surface area contributed by atoms with Crippen LogP contribution in [0.5, 0.6) is 0 Å². The molecule has 0 amide bonds. The molecular formula is C13H15FO3. The molecule has 1 aliphatic rings. The Bertz CT molecular complexity index is 436. The Kier molecular flexibility index (Phi) is 3.15. The second kappa shape index (κ2) is 4.45. The lowest BCUT2D eigenvalue weighted by Gasteiger charge is -2.25. The summed E-state index contributed by atoms with van der Waals surface area (Å²) in [5.74, 6) is -1.46. The van der Waals surface area contributed by atoms with Crippen LogP contribution in [0, 0.1) is 5.82 Å². The van der Waals surface area contributed by atoms with E-state index in [-0.39, 0.29) is 12.2 Å². The van der Waals surface area contributed by atoms with Crippen LogP contribution in [0.4, 0.5) is 4.39 Å². The van der Waals surface area contributed by atoms with Crippen LogP contribution in [0.3, 0.4) is 0 Å². The predicted molar refractivity (Wildman–Crippen MR) is 60.1 cm³/mol. The number of carboxylic acids is 1. The van der Waals surface area contributed by atoms with E-state index in [9.17, 15) is 14.3 Å². The second-order valence-corrected chi connectivity index (χ2v) is 4.57. The number of benzene rings is 1. The Morgan fingerprint density at radius 2 is 2.00 bits per heavy atom. The van der Waals surface area contributed by atoms with Crippen molar-refractivity contribution >= 4 is 5.97 Å². The van der Waals surface area contributed by atoms with Crippen LogP contribution in [0.15, 0.2) is 18.2 Å². The number of halogens is 1. The fourth-order valence-corrected chi connectivity index (χ4v) is 2.61. The van der Waals surface area contributed by atoms with Gasteiger partial charge in [-0.15, -0.1) is 0 Å². The minimum Gasteiger partial charge on any atom is -0.481 e. The average molecular weight is 238 g/mol. The SMILES string of the molecule is O=C(O)C1(c2cc(CO)ccc2F)CCCC1. The molecule has 0 radical (unpaired) electrons. The zero-order valence-electron chi connectivity index (χ0n) is 9.45. The average Bonchev–Trinajstić information content (AvgIpc) is 2.80. The van der Waals surface area contributed by atoms with Gasteiger partial charge in [0.2, 0.25) is 0 Å². The molecule has 17 heavy (non-hydrogen) atoms. The number of aliphatic hydroxyl groups is 1. The van der Waals surface area contributed by atoms with Crippen LogP contribution < -0.4 is 0 Å². The molecule has 3 nitrogen and oxygen atoms in total. The third-order valence-corrected chi connectivity index (χ3v) is 3.60. The molecule has 2 rings (SSSR count). The van der Waals surface area contributed by atoms with Crippen molar-refractivity contribution in [2.24, 2.45) is 0 Å². The highest BCUT2D eigenvalue weighted by Crippen LogP contribution is 2.42. The van der Waals surface area contributed by atoms with Crippen LogP contribution in [-0.2, 0) is 16.8 Å². The van der Waals surface area contributed by atoms with E-state index in [1.165, 1.54) is 18.2 Å². The number of carbonyl (C=O) groups is 1. The van der Waals surface area contributed by atoms with Crippen molar-refractivity contribution < 1.29 is 19.4 Å². The van der Waals surface area contributed by atoms with Crippen LogP contribution in [-0.4, -0.2) is 16.2 Å². The molecule has 0 atom stereocenters. The molecule has 0 saturated heterocycles. The topological polar surface area (TPSA) is 57.5 Å². The maximum absolute atomic E-state index is 13.8. The molecule has 0 unspecified atom stereocenters. The first kappa shape index (κ1) is 12.0. The Morgan fingerprint density at radius 1 is 1.35 bits per heavy atom. The van der Waals surface area contributed by atoms with E-state index < -0.39 is 17.2 Å². The van der Waals surface area contributed by atoms with Crippen molar-refractivity contribution in [1.29, 1.82) is 0 Å². The molecule has 1 aromatic carbocycles. The molecule has 4 heteroatoms. The van der Waals surface area contributed by atoms with E-state index in [2.05, 4.69) is 0 Å². The summed E-state index contributed by atoms with van der Waals surface area (Å²) in [6.07, 6.45) is 2.53. The highest BCUT2D eigenvalue weighted by molar-refractivity contribution is 5.82. The Morgan fingerprint density at radius 3 is 2.53 bits per heavy atom. The Labute approximate surface area is 98.9 Å². The molecule has 0 bridgehead atoms. The molecule has 0 aromatic heterocycles. The van der Waals surface area contributed by atoms with Crippen LogP contribution >= 0.6 is 0 Å². The summed E-state index contributed by atoms with van der Waals surface area (Å²) in [6.45, 7) is -0.205. The molecular weight excluding hydrogens is 223 g/mol. The van der Waals surface area contributed by atoms with Gasteiger partial charge in [-0.1, -0.05) is 18.9 Å². The van der Waals surface area contributed by atoms with Gasteiger partial charge in [-0.2, -0.15) is 0 Å². The van der Waals surface area contributed by atoms with Gasteiger partial charge in [0.1, 0.15) is 5.82 Å². The summed E-state index contributed by atoms with van der Waals surface area (Å²) in [4.78, 5) is 11.4. The van der Waals surface area contributed by atoms with Gasteiger partial charge in [0, 0.05) is 5.56 Å². The van der Waals surface area contributed by atoms with Crippen LogP contribution in [0.25, 0.3) is 0 Å². The van der Waals surface area contributed by atoms with E-state index in [0.717, 1.165) is 12.8 Å². The third-order valence-electron chi connectivity index (χ3n) is 3.60. The van der Waals surface area contributed by atoms with Gasteiger partial charge in [-0.3, -0.25) is 4.79 Å². The minimum absolute atomic E-state index is 0.205. The van der Waals surface area contributed by atoms with Crippen molar-refractivity contribution in [3.05, 3.63) is 35.1 Å². The number of hydrogen-bond acceptors (Lipinski definition) is 2. The Balaban J connectivity index is 2.53. The lowest BCUT2D eigenvalue weighted by atomic mass is 9.78. The van der Waals surface area contributed by atoms with Gasteiger partial charge in [0.25, 0.3) is 0 Å². The van der Waals surface area contributed by atoms with Crippen LogP contribution in [0.1, 0.15) is 36.8 Å². The monoisotopic (exact) mass is 238 g/mol. The number of carboxylic acid groups (broad SMARTS) is 1. The standard InChI is InChI=1S/C13H15FO3/c14-11-4-3-9(8-15)7-10(11)13(12(16)17)5-1-2-6-13/h3-4,7,15H,1-2,5-6,8H2,(H,16,17). The van der Waals surface area contributed by atoms with Gasteiger partial charge in [-0.05, 0) is 30.5 Å². The zero-order chi connectivity index (χ0) is 12.5. The summed E-state index contributed by atoms with van der Waals surface area (Å²) < 4.78 is 13.8. The van der Waals surface area contributed by atoms with E-state index >= 15 is 0 Å². The number of aliphatic hydroxyl groups excluding tert-OH is 1. The third kappa shape index (κ3) is 1.93. The molecule has 0 spiro atoms. The molecule has 92 valence electrons. The van der Waals surface area contributed by atoms with Crippen molar-refractivity contribution in [3.8, 4) is 0 Å². The van der Waals surface area contributed by atoms with Crippen molar-refractivity contribution in [1.82, 2.24) is 0 Å². The number of aliphatic carboxylic acids is 1. The van der Waals surface area contributed by atoms with E-state index in [4.69, 9.17) is 5.11 Å². The van der Waals surface area contributed by atoms with Gasteiger partial charge < -0.3 is 10.2 Å². The van der Waals surface area contributed by atoms with Crippen molar-refractivity contribution in [2.75, 3.05) is 0 Å². The maximum Gasteiger partial charge on any atom is 0.314 e. The normalized spacial score (nSPS) is 18.2. The maximum atomic E-state index is 13.8. The zero-order valence-corrected chi connectivity index (χ0v) is 9.45. The largest absolute Gasteiger partial charge is 0.481 e. The predicted octanol–water partition coefficient (Wildman–Crippen LogP) is 2.21. The van der Waals surface area contributed by atoms with E-state index in [1.807, 2.05) is 0 Å². The van der Waals surface area contributed by atoms with Gasteiger partial charge >= 0.3 is 5.97 Å². The van der Waals surface area contributed by atoms with E-state index in [0.29, 0.717) is 18.4 Å². The summed E-state index contributed by atoms with van der Waals surface area (Å²) in [6, 6.07) is 4.20. The minimum atomic E-state index is -1.10. The van der Waals surface area contributed by atoms with Crippen molar-refractivity contribution in [3.63, 3.8) is 0 Å². The van der Waals surface area contributed by atoms with Gasteiger partial charge in [0.15, 0.2) is 0 Å². The molecule has 1 aromatic rings. The van der Waals surface area contributed by atoms with Crippen molar-refractivity contribution in [2.45, 2.75) is 37.7 Å². The first-order valence-corrected chi connectivity index (χ1v) is 5.73. The quantitative estimate of drug-likeness (QED) is 0.848. The second-order valence-electron chi connectivity index (χ2n) is 4.57. The van der Waals surface area contributed by atoms with Gasteiger partial charge in [0.05, 0.1) is 12.0 Å². The molecule has 0 heterocycles. The molecule has 0 aliphatic heterocycles. The molecule has 2 N–H and O–H groups in total. The first-order valence-electron chi connectivity index (χ1n) is 5.73. The Hall–Kier alpha value is -1.42. The lowest BCUT2D eigenvalue weighted by molar-refractivity contribution is -0.143. The summed E-state index contributed by atoms with van der Waals surface area (Å²) >= 11 is 0. The summed E-state index contributed by atoms with van der Waals surface area (Å²) in [7, 11) is 0.